The van der Waals surface area contributed by atoms with Gasteiger partial charge in [-0.15, -0.1) is 0 Å². The van der Waals surface area contributed by atoms with Crippen LogP contribution in [-0.2, 0) is 9.53 Å². The molecule has 7 nitrogen and oxygen atoms in total. The van der Waals surface area contributed by atoms with E-state index in [1.165, 1.54) is 13.8 Å². The molecule has 2 rings (SSSR count). The van der Waals surface area contributed by atoms with Crippen LogP contribution < -0.4 is 5.32 Å². The van der Waals surface area contributed by atoms with Crippen LogP contribution in [0.4, 0.5) is 0 Å². The highest BCUT2D eigenvalue weighted by Crippen LogP contribution is 2.20. The molecule has 0 bridgehead atoms. The van der Waals surface area contributed by atoms with Crippen molar-refractivity contribution in [2.45, 2.75) is 40.2 Å². The van der Waals surface area contributed by atoms with Crippen molar-refractivity contribution in [1.82, 2.24) is 10.3 Å². The van der Waals surface area contributed by atoms with Gasteiger partial charge < -0.3 is 15.0 Å². The Kier molecular flexibility index (Phi) is 7.34. The number of amides is 1. The molecule has 0 saturated heterocycles. The Labute approximate surface area is 173 Å². The van der Waals surface area contributed by atoms with E-state index in [1.807, 2.05) is 0 Å². The van der Waals surface area contributed by atoms with Gasteiger partial charge in [0.05, 0.1) is 12.1 Å². The molecule has 0 aliphatic heterocycles. The molecule has 1 amide bonds. The first-order valence-electron chi connectivity index (χ1n) is 9.09. The van der Waals surface area contributed by atoms with E-state index in [0.29, 0.717) is 27.4 Å². The molecule has 2 N–H and O–H groups in total. The van der Waals surface area contributed by atoms with E-state index in [9.17, 15) is 19.2 Å². The number of rotatable bonds is 8. The Bertz CT molecular complexity index is 947. The monoisotopic (exact) mass is 418 g/mol. The van der Waals surface area contributed by atoms with Crippen molar-refractivity contribution < 1.29 is 23.9 Å². The average molecular weight is 419 g/mol. The van der Waals surface area contributed by atoms with Crippen LogP contribution in [0.25, 0.3) is 0 Å². The van der Waals surface area contributed by atoms with Crippen LogP contribution in [0.3, 0.4) is 0 Å². The molecule has 0 aliphatic carbocycles. The molecule has 0 spiro atoms. The molecule has 0 saturated carbocycles. The third-order valence-electron chi connectivity index (χ3n) is 4.43. The van der Waals surface area contributed by atoms with Crippen LogP contribution in [0.15, 0.2) is 24.3 Å². The van der Waals surface area contributed by atoms with E-state index >= 15 is 0 Å². The summed E-state index contributed by atoms with van der Waals surface area (Å²) in [7, 11) is 0. The van der Waals surface area contributed by atoms with Gasteiger partial charge in [-0.3, -0.25) is 19.2 Å². The molecule has 2 aromatic rings. The molecule has 1 atom stereocenters. The first kappa shape index (κ1) is 22.4. The highest BCUT2D eigenvalue weighted by Gasteiger charge is 2.25. The van der Waals surface area contributed by atoms with E-state index < -0.39 is 17.9 Å². The van der Waals surface area contributed by atoms with Crippen molar-refractivity contribution >= 4 is 35.0 Å². The minimum absolute atomic E-state index is 0.0658. The number of ketones is 2. The van der Waals surface area contributed by atoms with Crippen LogP contribution in [-0.4, -0.2) is 41.1 Å². The largest absolute Gasteiger partial charge is 0.454 e. The molecule has 0 radical (unpaired) electrons. The zero-order valence-electron chi connectivity index (χ0n) is 16.7. The van der Waals surface area contributed by atoms with Gasteiger partial charge in [0.25, 0.3) is 5.91 Å². The molecule has 0 aliphatic rings. The van der Waals surface area contributed by atoms with E-state index in [0.717, 1.165) is 0 Å². The smallest absolute Gasteiger partial charge is 0.308 e. The molecular formula is C21H23ClN2O5. The molecule has 1 aromatic carbocycles. The second-order valence-corrected chi connectivity index (χ2v) is 7.13. The normalized spacial score (nSPS) is 11.6. The van der Waals surface area contributed by atoms with E-state index in [1.54, 1.807) is 38.1 Å². The van der Waals surface area contributed by atoms with Crippen molar-refractivity contribution in [2.75, 3.05) is 6.54 Å². The van der Waals surface area contributed by atoms with Crippen molar-refractivity contribution in [2.24, 2.45) is 0 Å². The Hall–Kier alpha value is -2.93. The van der Waals surface area contributed by atoms with Crippen LogP contribution in [0.5, 0.6) is 0 Å². The number of hydrogen-bond acceptors (Lipinski definition) is 5. The number of hydrogen-bond donors (Lipinski definition) is 2. The number of nitrogens with one attached hydrogen (secondary N) is 2. The van der Waals surface area contributed by atoms with Gasteiger partial charge in [-0.1, -0.05) is 11.6 Å². The number of carbonyl (C=O) groups excluding carboxylic acids is 4. The lowest BCUT2D eigenvalue weighted by Gasteiger charge is -2.12. The number of aromatic nitrogens is 1. The number of benzene rings is 1. The second kappa shape index (κ2) is 9.52. The molecule has 1 aromatic heterocycles. The third kappa shape index (κ3) is 5.54. The highest BCUT2D eigenvalue weighted by molar-refractivity contribution is 6.30. The maximum Gasteiger partial charge on any atom is 0.308 e. The molecule has 8 heteroatoms. The summed E-state index contributed by atoms with van der Waals surface area (Å²) < 4.78 is 5.17. The van der Waals surface area contributed by atoms with Gasteiger partial charge in [0.1, 0.15) is 0 Å². The summed E-state index contributed by atoms with van der Waals surface area (Å²) in [6.45, 7) is 6.35. The number of H-pyrrole nitrogens is 1. The molecule has 1 heterocycles. The summed E-state index contributed by atoms with van der Waals surface area (Å²) in [5, 5.41) is 3.12. The van der Waals surface area contributed by atoms with Crippen molar-refractivity contribution in [3.63, 3.8) is 0 Å². The number of aromatic amines is 1. The number of Topliss-reactive ketones (excluding diaryl/α,β-unsaturated/α-hetero) is 2. The minimum Gasteiger partial charge on any atom is -0.454 e. The Balaban J connectivity index is 1.88. The standard InChI is InChI=1S/C21H23ClN2O5/c1-11-18(13(3)25)12(2)24-19(11)20(27)14(4)29-17(26)9-10-23-21(28)15-5-7-16(22)8-6-15/h5-8,14,24H,9-10H2,1-4H3,(H,23,28)/t14-/m1/s1. The number of halogens is 1. The first-order valence-corrected chi connectivity index (χ1v) is 9.47. The summed E-state index contributed by atoms with van der Waals surface area (Å²) >= 11 is 5.78. The van der Waals surface area contributed by atoms with E-state index in [2.05, 4.69) is 10.3 Å². The quantitative estimate of drug-likeness (QED) is 0.504. The SMILES string of the molecule is CC(=O)c1c(C)[nH]c(C(=O)[C@@H](C)OC(=O)CCNC(=O)c2ccc(Cl)cc2)c1C. The fourth-order valence-electron chi connectivity index (χ4n) is 3.02. The van der Waals surface area contributed by atoms with Gasteiger partial charge in [0.2, 0.25) is 5.78 Å². The second-order valence-electron chi connectivity index (χ2n) is 6.69. The Morgan fingerprint density at radius 2 is 1.76 bits per heavy atom. The number of ether oxygens (including phenoxy) is 1. The van der Waals surface area contributed by atoms with Crippen LogP contribution in [0, 0.1) is 13.8 Å². The van der Waals surface area contributed by atoms with Crippen molar-refractivity contribution in [3.05, 3.63) is 57.4 Å². The topological polar surface area (TPSA) is 105 Å². The number of aryl methyl sites for hydroxylation is 1. The average Bonchev–Trinajstić information content (AvgIpc) is 2.95. The van der Waals surface area contributed by atoms with E-state index in [4.69, 9.17) is 16.3 Å². The van der Waals surface area contributed by atoms with Gasteiger partial charge in [-0.25, -0.2) is 0 Å². The summed E-state index contributed by atoms with van der Waals surface area (Å²) in [4.78, 5) is 51.2. The third-order valence-corrected chi connectivity index (χ3v) is 4.69. The van der Waals surface area contributed by atoms with Crippen LogP contribution in [0.1, 0.15) is 62.7 Å². The predicted molar refractivity (Wildman–Crippen MR) is 109 cm³/mol. The highest BCUT2D eigenvalue weighted by atomic mass is 35.5. The van der Waals surface area contributed by atoms with Crippen LogP contribution in [0.2, 0.25) is 5.02 Å². The van der Waals surface area contributed by atoms with Crippen molar-refractivity contribution in [3.8, 4) is 0 Å². The molecule has 29 heavy (non-hydrogen) atoms. The maximum absolute atomic E-state index is 12.6. The summed E-state index contributed by atoms with van der Waals surface area (Å²) in [6.07, 6.45) is -1.11. The summed E-state index contributed by atoms with van der Waals surface area (Å²) in [5.41, 5.74) is 2.28. The van der Waals surface area contributed by atoms with Crippen LogP contribution >= 0.6 is 11.6 Å². The molecular weight excluding hydrogens is 396 g/mol. The number of carbonyl (C=O) groups is 4. The van der Waals surface area contributed by atoms with Crippen molar-refractivity contribution in [1.29, 1.82) is 0 Å². The van der Waals surface area contributed by atoms with Gasteiger partial charge in [0, 0.05) is 28.4 Å². The fraction of sp³-hybridized carbons (Fsp3) is 0.333. The van der Waals surface area contributed by atoms with Gasteiger partial charge in [-0.2, -0.15) is 0 Å². The lowest BCUT2D eigenvalue weighted by molar-refractivity contribution is -0.146. The summed E-state index contributed by atoms with van der Waals surface area (Å²) in [5.74, 6) is -1.52. The predicted octanol–water partition coefficient (Wildman–Crippen LogP) is 3.42. The lowest BCUT2D eigenvalue weighted by atomic mass is 10.0. The van der Waals surface area contributed by atoms with Gasteiger partial charge in [0.15, 0.2) is 11.9 Å². The van der Waals surface area contributed by atoms with Gasteiger partial charge in [-0.05, 0) is 57.5 Å². The fourth-order valence-corrected chi connectivity index (χ4v) is 3.14. The minimum atomic E-state index is -1.02. The van der Waals surface area contributed by atoms with Gasteiger partial charge >= 0.3 is 5.97 Å². The molecule has 0 unspecified atom stereocenters. The zero-order chi connectivity index (χ0) is 21.7. The van der Waals surface area contributed by atoms with E-state index in [-0.39, 0.29) is 30.3 Å². The summed E-state index contributed by atoms with van der Waals surface area (Å²) in [6, 6.07) is 6.35. The molecule has 154 valence electrons. The molecule has 0 fully saturated rings. The maximum atomic E-state index is 12.6. The number of esters is 1. The Morgan fingerprint density at radius 3 is 2.31 bits per heavy atom. The first-order chi connectivity index (χ1) is 13.6. The lowest BCUT2D eigenvalue weighted by Crippen LogP contribution is -2.29. The Morgan fingerprint density at radius 1 is 1.14 bits per heavy atom. The zero-order valence-corrected chi connectivity index (χ0v) is 17.5.